The van der Waals surface area contributed by atoms with E-state index in [1.54, 1.807) is 62.4 Å². The molecule has 0 spiro atoms. The van der Waals surface area contributed by atoms with Crippen molar-refractivity contribution in [2.75, 3.05) is 12.0 Å². The van der Waals surface area contributed by atoms with Crippen molar-refractivity contribution < 1.29 is 33.4 Å². The van der Waals surface area contributed by atoms with E-state index in [4.69, 9.17) is 14.2 Å². The number of carbonyl (C=O) groups excluding carboxylic acids is 4. The third-order valence-electron chi connectivity index (χ3n) is 5.87. The van der Waals surface area contributed by atoms with Crippen LogP contribution in [0.15, 0.2) is 48.5 Å². The standard InChI is InChI=1S/C23H20N2O7/c1-23(2)31-18(22(29)32-23)16-17(21(28)24(16)12-8-10-13(30-3)11-9-12)25-19(26)14-6-4-5-7-15(14)20(25)27/h4-11,16-18H,1-3H3/t16-,17-,18+/m0/s1. The number of methoxy groups -OCH3 is 1. The van der Waals surface area contributed by atoms with E-state index in [1.165, 1.54) is 12.0 Å². The molecule has 9 nitrogen and oxygen atoms in total. The van der Waals surface area contributed by atoms with Crippen LogP contribution in [-0.2, 0) is 19.1 Å². The van der Waals surface area contributed by atoms with Gasteiger partial charge in [0.05, 0.1) is 18.2 Å². The molecule has 2 aromatic carbocycles. The first kappa shape index (κ1) is 20.2. The highest BCUT2D eigenvalue weighted by molar-refractivity contribution is 6.25. The molecule has 0 radical (unpaired) electrons. The fourth-order valence-corrected chi connectivity index (χ4v) is 4.45. The summed E-state index contributed by atoms with van der Waals surface area (Å²) >= 11 is 0. The minimum atomic E-state index is -1.20. The number of ether oxygens (including phenoxy) is 3. The van der Waals surface area contributed by atoms with Crippen molar-refractivity contribution >= 4 is 29.4 Å². The summed E-state index contributed by atoms with van der Waals surface area (Å²) in [6.45, 7) is 3.17. The highest BCUT2D eigenvalue weighted by Crippen LogP contribution is 2.41. The van der Waals surface area contributed by atoms with Crippen LogP contribution in [-0.4, -0.2) is 59.7 Å². The molecule has 3 aliphatic heterocycles. The lowest BCUT2D eigenvalue weighted by molar-refractivity contribution is -0.162. The monoisotopic (exact) mass is 436 g/mol. The van der Waals surface area contributed by atoms with Crippen LogP contribution in [0, 0.1) is 0 Å². The first-order valence-corrected chi connectivity index (χ1v) is 10.1. The molecule has 0 aliphatic carbocycles. The summed E-state index contributed by atoms with van der Waals surface area (Å²) in [5.41, 5.74) is 0.930. The zero-order valence-electron chi connectivity index (χ0n) is 17.6. The average Bonchev–Trinajstić information content (AvgIpc) is 3.18. The maximum Gasteiger partial charge on any atom is 0.340 e. The molecule has 9 heteroatoms. The van der Waals surface area contributed by atoms with Crippen LogP contribution < -0.4 is 9.64 Å². The Labute approximate surface area is 183 Å². The molecule has 3 heterocycles. The third-order valence-corrected chi connectivity index (χ3v) is 5.87. The first-order valence-electron chi connectivity index (χ1n) is 10.1. The molecule has 3 atom stereocenters. The number of rotatable bonds is 4. The Morgan fingerprint density at radius 1 is 0.875 bits per heavy atom. The predicted octanol–water partition coefficient (Wildman–Crippen LogP) is 1.75. The normalized spacial score (nSPS) is 26.2. The molecule has 32 heavy (non-hydrogen) atoms. The summed E-state index contributed by atoms with van der Waals surface area (Å²) < 4.78 is 16.3. The number of imide groups is 1. The molecule has 0 unspecified atom stereocenters. The molecular formula is C23H20N2O7. The fourth-order valence-electron chi connectivity index (χ4n) is 4.45. The first-order chi connectivity index (χ1) is 15.2. The Kier molecular flexibility index (Phi) is 4.35. The van der Waals surface area contributed by atoms with Crippen LogP contribution in [0.3, 0.4) is 0 Å². The van der Waals surface area contributed by atoms with Gasteiger partial charge in [-0.25, -0.2) is 4.79 Å². The average molecular weight is 436 g/mol. The van der Waals surface area contributed by atoms with E-state index in [0.29, 0.717) is 11.4 Å². The van der Waals surface area contributed by atoms with Crippen molar-refractivity contribution in [1.29, 1.82) is 0 Å². The zero-order valence-corrected chi connectivity index (χ0v) is 17.6. The molecule has 0 N–H and O–H groups in total. The van der Waals surface area contributed by atoms with E-state index in [1.807, 2.05) is 0 Å². The van der Waals surface area contributed by atoms with Gasteiger partial charge in [-0.15, -0.1) is 0 Å². The van der Waals surface area contributed by atoms with Crippen LogP contribution in [0.1, 0.15) is 34.6 Å². The second kappa shape index (κ2) is 6.89. The number of hydrogen-bond donors (Lipinski definition) is 0. The van der Waals surface area contributed by atoms with Gasteiger partial charge >= 0.3 is 5.97 Å². The Balaban J connectivity index is 1.55. The van der Waals surface area contributed by atoms with Crippen molar-refractivity contribution in [3.8, 4) is 5.75 Å². The number of fused-ring (bicyclic) bond motifs is 1. The number of anilines is 1. The van der Waals surface area contributed by atoms with Crippen molar-refractivity contribution in [3.63, 3.8) is 0 Å². The second-order valence-electron chi connectivity index (χ2n) is 8.23. The number of cyclic esters (lactones) is 1. The lowest BCUT2D eigenvalue weighted by Gasteiger charge is -2.50. The zero-order chi connectivity index (χ0) is 22.8. The Morgan fingerprint density at radius 3 is 1.97 bits per heavy atom. The third kappa shape index (κ3) is 2.81. The SMILES string of the molecule is COc1ccc(N2C(=O)[C@@H](N3C(=O)c4ccccc4C3=O)[C@H]2[C@H]2OC(C)(C)OC2=O)cc1. The molecule has 0 bridgehead atoms. The van der Waals surface area contributed by atoms with Gasteiger partial charge < -0.3 is 19.1 Å². The molecular weight excluding hydrogens is 416 g/mol. The minimum Gasteiger partial charge on any atom is -0.497 e. The number of hydrogen-bond acceptors (Lipinski definition) is 7. The second-order valence-corrected chi connectivity index (χ2v) is 8.23. The van der Waals surface area contributed by atoms with Crippen LogP contribution >= 0.6 is 0 Å². The molecule has 2 saturated heterocycles. The molecule has 2 aromatic rings. The summed E-state index contributed by atoms with van der Waals surface area (Å²) in [5, 5.41) is 0. The van der Waals surface area contributed by atoms with Gasteiger partial charge in [0.25, 0.3) is 17.7 Å². The van der Waals surface area contributed by atoms with E-state index in [-0.39, 0.29) is 11.1 Å². The molecule has 0 aromatic heterocycles. The van der Waals surface area contributed by atoms with Gasteiger partial charge in [0, 0.05) is 19.5 Å². The largest absolute Gasteiger partial charge is 0.497 e. The Hall–Kier alpha value is -3.72. The molecule has 0 saturated carbocycles. The number of nitrogens with zero attached hydrogens (tertiary/aromatic N) is 2. The van der Waals surface area contributed by atoms with Gasteiger partial charge in [-0.05, 0) is 36.4 Å². The molecule has 164 valence electrons. The van der Waals surface area contributed by atoms with Gasteiger partial charge in [0.15, 0.2) is 6.10 Å². The van der Waals surface area contributed by atoms with Gasteiger partial charge in [-0.1, -0.05) is 12.1 Å². The number of benzene rings is 2. The summed E-state index contributed by atoms with van der Waals surface area (Å²) in [5.74, 6) is -2.91. The highest BCUT2D eigenvalue weighted by Gasteiger charge is 2.63. The van der Waals surface area contributed by atoms with Crippen LogP contribution in [0.2, 0.25) is 0 Å². The topological polar surface area (TPSA) is 102 Å². The Morgan fingerprint density at radius 2 is 1.47 bits per heavy atom. The van der Waals surface area contributed by atoms with Crippen molar-refractivity contribution in [2.24, 2.45) is 0 Å². The lowest BCUT2D eigenvalue weighted by Crippen LogP contribution is -2.76. The fraction of sp³-hybridized carbons (Fsp3) is 0.304. The van der Waals surface area contributed by atoms with E-state index in [2.05, 4.69) is 0 Å². The van der Waals surface area contributed by atoms with E-state index in [9.17, 15) is 19.2 Å². The summed E-state index contributed by atoms with van der Waals surface area (Å²) in [6.07, 6.45) is -1.17. The summed E-state index contributed by atoms with van der Waals surface area (Å²) in [4.78, 5) is 54.4. The van der Waals surface area contributed by atoms with Crippen LogP contribution in [0.5, 0.6) is 5.75 Å². The van der Waals surface area contributed by atoms with Crippen LogP contribution in [0.4, 0.5) is 5.69 Å². The summed E-state index contributed by atoms with van der Waals surface area (Å²) in [6, 6.07) is 10.9. The maximum atomic E-state index is 13.3. The van der Waals surface area contributed by atoms with Crippen molar-refractivity contribution in [1.82, 2.24) is 4.90 Å². The van der Waals surface area contributed by atoms with Gasteiger partial charge in [-0.2, -0.15) is 0 Å². The number of esters is 1. The molecule has 3 amide bonds. The quantitative estimate of drug-likeness (QED) is 0.409. The molecule has 5 rings (SSSR count). The molecule has 2 fully saturated rings. The van der Waals surface area contributed by atoms with E-state index >= 15 is 0 Å². The van der Waals surface area contributed by atoms with E-state index in [0.717, 1.165) is 4.90 Å². The maximum absolute atomic E-state index is 13.3. The van der Waals surface area contributed by atoms with Gasteiger partial charge in [0.1, 0.15) is 17.8 Å². The molecule has 3 aliphatic rings. The van der Waals surface area contributed by atoms with Crippen LogP contribution in [0.25, 0.3) is 0 Å². The smallest absolute Gasteiger partial charge is 0.340 e. The van der Waals surface area contributed by atoms with Crippen molar-refractivity contribution in [2.45, 2.75) is 37.8 Å². The van der Waals surface area contributed by atoms with Gasteiger partial charge in [-0.3, -0.25) is 19.3 Å². The predicted molar refractivity (Wildman–Crippen MR) is 110 cm³/mol. The Bertz CT molecular complexity index is 1120. The number of β-lactam (4-membered cyclic amide) rings is 1. The van der Waals surface area contributed by atoms with E-state index < -0.39 is 47.7 Å². The number of carbonyl (C=O) groups is 4. The lowest BCUT2D eigenvalue weighted by atomic mass is 9.87. The van der Waals surface area contributed by atoms with Crippen molar-refractivity contribution in [3.05, 3.63) is 59.7 Å². The van der Waals surface area contributed by atoms with Gasteiger partial charge in [0.2, 0.25) is 5.79 Å². The highest BCUT2D eigenvalue weighted by atomic mass is 16.8. The summed E-state index contributed by atoms with van der Waals surface area (Å²) in [7, 11) is 1.52. The minimum absolute atomic E-state index is 0.224. The number of amides is 3.